The standard InChI is InChI=1S/C20H26N4O/c1-23-11-12-24(13-16-7-3-2-4-8-16)15-17(14-23)22-20(25)18-9-5-6-10-19(18)21/h2-10,17H,11-15,21H2,1H3,(H,22,25). The molecule has 1 fully saturated rings. The highest BCUT2D eigenvalue weighted by Crippen LogP contribution is 2.12. The highest BCUT2D eigenvalue weighted by molar-refractivity contribution is 5.99. The Hall–Kier alpha value is -2.37. The molecule has 0 saturated carbocycles. The molecule has 1 aliphatic rings. The average Bonchev–Trinajstić information content (AvgIpc) is 2.77. The summed E-state index contributed by atoms with van der Waals surface area (Å²) in [7, 11) is 2.10. The van der Waals surface area contributed by atoms with Gasteiger partial charge in [-0.1, -0.05) is 42.5 Å². The highest BCUT2D eigenvalue weighted by Gasteiger charge is 2.23. The number of nitrogens with zero attached hydrogens (tertiary/aromatic N) is 2. The Morgan fingerprint density at radius 3 is 2.56 bits per heavy atom. The molecule has 1 heterocycles. The van der Waals surface area contributed by atoms with Crippen LogP contribution in [-0.4, -0.2) is 55.0 Å². The number of carbonyl (C=O) groups excluding carboxylic acids is 1. The Morgan fingerprint density at radius 2 is 1.80 bits per heavy atom. The monoisotopic (exact) mass is 338 g/mol. The third kappa shape index (κ3) is 4.81. The van der Waals surface area contributed by atoms with Crippen LogP contribution in [0.3, 0.4) is 0 Å². The maximum absolute atomic E-state index is 12.6. The van der Waals surface area contributed by atoms with E-state index in [-0.39, 0.29) is 11.9 Å². The zero-order chi connectivity index (χ0) is 17.6. The number of rotatable bonds is 4. The Labute approximate surface area is 149 Å². The number of carbonyl (C=O) groups is 1. The molecule has 0 aliphatic carbocycles. The van der Waals surface area contributed by atoms with E-state index in [2.05, 4.69) is 46.4 Å². The van der Waals surface area contributed by atoms with Gasteiger partial charge in [-0.05, 0) is 24.7 Å². The first-order valence-electron chi connectivity index (χ1n) is 8.72. The van der Waals surface area contributed by atoms with Gasteiger partial charge < -0.3 is 16.0 Å². The first-order chi connectivity index (χ1) is 12.1. The summed E-state index contributed by atoms with van der Waals surface area (Å²) in [5, 5.41) is 3.16. The largest absolute Gasteiger partial charge is 0.398 e. The molecule has 0 spiro atoms. The third-order valence-electron chi connectivity index (χ3n) is 4.60. The van der Waals surface area contributed by atoms with Gasteiger partial charge in [0.25, 0.3) is 5.91 Å². The van der Waals surface area contributed by atoms with Crippen molar-refractivity contribution in [1.29, 1.82) is 0 Å². The van der Waals surface area contributed by atoms with Gasteiger partial charge in [0.2, 0.25) is 0 Å². The van der Waals surface area contributed by atoms with Gasteiger partial charge >= 0.3 is 0 Å². The number of benzene rings is 2. The number of likely N-dealkylation sites (N-methyl/N-ethyl adjacent to an activating group) is 1. The Bertz CT molecular complexity index is 704. The zero-order valence-corrected chi connectivity index (χ0v) is 14.7. The van der Waals surface area contributed by atoms with Crippen molar-refractivity contribution < 1.29 is 4.79 Å². The lowest BCUT2D eigenvalue weighted by atomic mass is 10.1. The SMILES string of the molecule is CN1CCN(Cc2ccccc2)CC(NC(=O)c2ccccc2N)C1. The van der Waals surface area contributed by atoms with Crippen LogP contribution in [0.4, 0.5) is 5.69 Å². The minimum absolute atomic E-state index is 0.0725. The molecule has 3 rings (SSSR count). The number of para-hydroxylation sites is 1. The minimum atomic E-state index is -0.0990. The van der Waals surface area contributed by atoms with Crippen LogP contribution in [0.2, 0.25) is 0 Å². The first-order valence-corrected chi connectivity index (χ1v) is 8.72. The maximum Gasteiger partial charge on any atom is 0.253 e. The normalized spacial score (nSPS) is 19.3. The molecule has 0 bridgehead atoms. The summed E-state index contributed by atoms with van der Waals surface area (Å²) in [5.41, 5.74) is 8.29. The van der Waals surface area contributed by atoms with Gasteiger partial charge in [-0.25, -0.2) is 0 Å². The van der Waals surface area contributed by atoms with Crippen LogP contribution in [0.5, 0.6) is 0 Å². The summed E-state index contributed by atoms with van der Waals surface area (Å²) >= 11 is 0. The van der Waals surface area contributed by atoms with E-state index in [1.807, 2.05) is 18.2 Å². The van der Waals surface area contributed by atoms with Crippen LogP contribution in [0, 0.1) is 0 Å². The van der Waals surface area contributed by atoms with Crippen molar-refractivity contribution in [3.8, 4) is 0 Å². The van der Waals surface area contributed by atoms with Gasteiger partial charge in [0, 0.05) is 38.4 Å². The molecule has 1 amide bonds. The van der Waals surface area contributed by atoms with Crippen molar-refractivity contribution in [2.24, 2.45) is 0 Å². The van der Waals surface area contributed by atoms with Crippen LogP contribution < -0.4 is 11.1 Å². The quantitative estimate of drug-likeness (QED) is 0.835. The number of nitrogens with two attached hydrogens (primary N) is 1. The molecule has 2 aromatic carbocycles. The molecule has 1 aliphatic heterocycles. The zero-order valence-electron chi connectivity index (χ0n) is 14.7. The molecule has 1 unspecified atom stereocenters. The van der Waals surface area contributed by atoms with Gasteiger partial charge in [0.15, 0.2) is 0 Å². The van der Waals surface area contributed by atoms with Crippen LogP contribution in [0.15, 0.2) is 54.6 Å². The summed E-state index contributed by atoms with van der Waals surface area (Å²) in [6.45, 7) is 4.55. The molecular formula is C20H26N4O. The molecule has 2 aromatic rings. The Morgan fingerprint density at radius 1 is 1.08 bits per heavy atom. The fourth-order valence-electron chi connectivity index (χ4n) is 3.28. The minimum Gasteiger partial charge on any atom is -0.398 e. The van der Waals surface area contributed by atoms with Gasteiger partial charge in [-0.2, -0.15) is 0 Å². The summed E-state index contributed by atoms with van der Waals surface area (Å²) in [6.07, 6.45) is 0. The van der Waals surface area contributed by atoms with Gasteiger partial charge in [0.05, 0.1) is 11.6 Å². The lowest BCUT2D eigenvalue weighted by Crippen LogP contribution is -2.46. The fraction of sp³-hybridized carbons (Fsp3) is 0.350. The molecule has 0 aromatic heterocycles. The molecule has 1 saturated heterocycles. The third-order valence-corrected chi connectivity index (χ3v) is 4.60. The molecule has 5 heteroatoms. The van der Waals surface area contributed by atoms with Crippen molar-refractivity contribution in [3.63, 3.8) is 0 Å². The highest BCUT2D eigenvalue weighted by atomic mass is 16.1. The van der Waals surface area contributed by atoms with Crippen molar-refractivity contribution in [2.75, 3.05) is 39.0 Å². The van der Waals surface area contributed by atoms with E-state index in [0.29, 0.717) is 11.3 Å². The number of hydrogen-bond donors (Lipinski definition) is 2. The maximum atomic E-state index is 12.6. The van der Waals surface area contributed by atoms with Crippen LogP contribution in [-0.2, 0) is 6.54 Å². The van der Waals surface area contributed by atoms with Gasteiger partial charge in [-0.3, -0.25) is 9.69 Å². The summed E-state index contributed by atoms with van der Waals surface area (Å²) in [6, 6.07) is 17.7. The molecule has 0 radical (unpaired) electrons. The fourth-order valence-corrected chi connectivity index (χ4v) is 3.28. The lowest BCUT2D eigenvalue weighted by molar-refractivity contribution is 0.0925. The number of anilines is 1. The first kappa shape index (κ1) is 17.5. The van der Waals surface area contributed by atoms with Gasteiger partial charge in [0.1, 0.15) is 0 Å². The topological polar surface area (TPSA) is 61.6 Å². The Kier molecular flexibility index (Phi) is 5.68. The van der Waals surface area contributed by atoms with Crippen LogP contribution in [0.25, 0.3) is 0 Å². The van der Waals surface area contributed by atoms with Crippen molar-refractivity contribution >= 4 is 11.6 Å². The van der Waals surface area contributed by atoms with E-state index >= 15 is 0 Å². The summed E-state index contributed by atoms with van der Waals surface area (Å²) in [4.78, 5) is 17.3. The van der Waals surface area contributed by atoms with E-state index in [1.165, 1.54) is 5.56 Å². The lowest BCUT2D eigenvalue weighted by Gasteiger charge is -2.25. The second-order valence-corrected chi connectivity index (χ2v) is 6.74. The van der Waals surface area contributed by atoms with E-state index in [0.717, 1.165) is 32.7 Å². The van der Waals surface area contributed by atoms with Crippen molar-refractivity contribution in [3.05, 3.63) is 65.7 Å². The number of nitrogens with one attached hydrogen (secondary N) is 1. The van der Waals surface area contributed by atoms with Gasteiger partial charge in [-0.15, -0.1) is 0 Å². The predicted octanol–water partition coefficient (Wildman–Crippen LogP) is 1.81. The van der Waals surface area contributed by atoms with E-state index < -0.39 is 0 Å². The molecule has 1 atom stereocenters. The molecule has 132 valence electrons. The molecule has 3 N–H and O–H groups in total. The smallest absolute Gasteiger partial charge is 0.253 e. The van der Waals surface area contributed by atoms with E-state index in [1.54, 1.807) is 12.1 Å². The Balaban J connectivity index is 1.67. The number of amides is 1. The van der Waals surface area contributed by atoms with E-state index in [4.69, 9.17) is 5.73 Å². The van der Waals surface area contributed by atoms with Crippen LogP contribution in [0.1, 0.15) is 15.9 Å². The van der Waals surface area contributed by atoms with Crippen molar-refractivity contribution in [1.82, 2.24) is 15.1 Å². The predicted molar refractivity (Wildman–Crippen MR) is 101 cm³/mol. The molecule has 5 nitrogen and oxygen atoms in total. The average molecular weight is 338 g/mol. The number of nitrogen functional groups attached to an aromatic ring is 1. The van der Waals surface area contributed by atoms with Crippen molar-refractivity contribution in [2.45, 2.75) is 12.6 Å². The second-order valence-electron chi connectivity index (χ2n) is 6.74. The summed E-state index contributed by atoms with van der Waals surface area (Å²) < 4.78 is 0. The molecular weight excluding hydrogens is 312 g/mol. The number of hydrogen-bond acceptors (Lipinski definition) is 4. The van der Waals surface area contributed by atoms with Crippen LogP contribution >= 0.6 is 0 Å². The second kappa shape index (κ2) is 8.14. The molecule has 25 heavy (non-hydrogen) atoms. The van der Waals surface area contributed by atoms with E-state index in [9.17, 15) is 4.79 Å². The summed E-state index contributed by atoms with van der Waals surface area (Å²) in [5.74, 6) is -0.0990.